The van der Waals surface area contributed by atoms with Crippen molar-refractivity contribution in [1.29, 1.82) is 0 Å². The first-order chi connectivity index (χ1) is 9.25. The van der Waals surface area contributed by atoms with E-state index in [0.717, 1.165) is 5.56 Å². The van der Waals surface area contributed by atoms with Gasteiger partial charge in [0, 0.05) is 24.8 Å². The van der Waals surface area contributed by atoms with Crippen molar-refractivity contribution in [3.8, 4) is 5.75 Å². The smallest absolute Gasteiger partial charge is 0.269 e. The van der Waals surface area contributed by atoms with Crippen molar-refractivity contribution in [1.82, 2.24) is 0 Å². The predicted octanol–water partition coefficient (Wildman–Crippen LogP) is 3.20. The van der Waals surface area contributed by atoms with Gasteiger partial charge in [0.05, 0.1) is 4.92 Å². The molecule has 0 amide bonds. The fourth-order valence-corrected chi connectivity index (χ4v) is 1.48. The first kappa shape index (κ1) is 12.8. The van der Waals surface area contributed by atoms with E-state index in [1.54, 1.807) is 6.21 Å². The van der Waals surface area contributed by atoms with E-state index in [2.05, 4.69) is 5.16 Å². The van der Waals surface area contributed by atoms with Crippen LogP contribution in [0.3, 0.4) is 0 Å². The highest BCUT2D eigenvalue weighted by atomic mass is 16.6. The average Bonchev–Trinajstić information content (AvgIpc) is 2.45. The lowest BCUT2D eigenvalue weighted by molar-refractivity contribution is -0.384. The van der Waals surface area contributed by atoms with Gasteiger partial charge in [-0.3, -0.25) is 10.1 Å². The van der Waals surface area contributed by atoms with Crippen LogP contribution >= 0.6 is 0 Å². The number of benzene rings is 2. The minimum Gasteiger partial charge on any atom is -0.357 e. The summed E-state index contributed by atoms with van der Waals surface area (Å²) in [6.07, 6.45) is 2.32. The molecule has 2 rings (SSSR count). The molecule has 0 saturated heterocycles. The molecule has 0 atom stereocenters. The zero-order valence-electron chi connectivity index (χ0n) is 10.1. The van der Waals surface area contributed by atoms with Crippen LogP contribution in [0.5, 0.6) is 5.75 Å². The molecule has 0 N–H and O–H groups in total. The number of oxime groups is 1. The zero-order valence-corrected chi connectivity index (χ0v) is 10.1. The molecular weight excluding hydrogens is 244 g/mol. The Morgan fingerprint density at radius 3 is 2.42 bits per heavy atom. The predicted molar refractivity (Wildman–Crippen MR) is 72.4 cm³/mol. The summed E-state index contributed by atoms with van der Waals surface area (Å²) in [5, 5.41) is 14.3. The Morgan fingerprint density at radius 1 is 1.11 bits per heavy atom. The molecule has 2 aromatic rings. The minimum atomic E-state index is -0.456. The average molecular weight is 256 g/mol. The largest absolute Gasteiger partial charge is 0.357 e. The Kier molecular flexibility index (Phi) is 4.23. The maximum absolute atomic E-state index is 10.5. The van der Waals surface area contributed by atoms with E-state index < -0.39 is 4.92 Å². The molecule has 0 bridgehead atoms. The molecule has 96 valence electrons. The van der Waals surface area contributed by atoms with Gasteiger partial charge in [-0.15, -0.1) is 0 Å². The van der Waals surface area contributed by atoms with Gasteiger partial charge < -0.3 is 4.84 Å². The molecule has 0 aromatic heterocycles. The molecule has 5 heteroatoms. The number of non-ortho nitro benzene ring substituents is 1. The van der Waals surface area contributed by atoms with Gasteiger partial charge in [0.15, 0.2) is 5.75 Å². The third-order valence-corrected chi connectivity index (χ3v) is 2.45. The molecule has 0 aliphatic rings. The number of hydrogen-bond donors (Lipinski definition) is 0. The Labute approximate surface area is 110 Å². The number of nitro benzene ring substituents is 1. The summed E-state index contributed by atoms with van der Waals surface area (Å²) < 4.78 is 0. The summed E-state index contributed by atoms with van der Waals surface area (Å²) in [5.74, 6) is 0.468. The van der Waals surface area contributed by atoms with E-state index in [-0.39, 0.29) is 5.69 Å². The summed E-state index contributed by atoms with van der Waals surface area (Å²) in [6, 6.07) is 15.6. The lowest BCUT2D eigenvalue weighted by Crippen LogP contribution is -1.90. The second-order valence-electron chi connectivity index (χ2n) is 3.82. The topological polar surface area (TPSA) is 64.7 Å². The second-order valence-corrected chi connectivity index (χ2v) is 3.82. The lowest BCUT2D eigenvalue weighted by atomic mass is 10.2. The van der Waals surface area contributed by atoms with Crippen LogP contribution in [0.25, 0.3) is 0 Å². The van der Waals surface area contributed by atoms with Gasteiger partial charge in [-0.1, -0.05) is 35.5 Å². The fraction of sp³-hybridized carbons (Fsp3) is 0.0714. The SMILES string of the molecule is O=[N+]([O-])c1ccc(O/N=C/Cc2ccccc2)cc1. The molecule has 0 heterocycles. The molecule has 0 spiro atoms. The first-order valence-electron chi connectivity index (χ1n) is 5.73. The highest BCUT2D eigenvalue weighted by Crippen LogP contribution is 2.17. The highest BCUT2D eigenvalue weighted by Gasteiger charge is 2.03. The van der Waals surface area contributed by atoms with Gasteiger partial charge in [0.2, 0.25) is 0 Å². The van der Waals surface area contributed by atoms with Crippen molar-refractivity contribution >= 4 is 11.9 Å². The van der Waals surface area contributed by atoms with Crippen molar-refractivity contribution in [2.24, 2.45) is 5.16 Å². The molecule has 2 aromatic carbocycles. The first-order valence-corrected chi connectivity index (χ1v) is 5.73. The molecule has 0 saturated carbocycles. The Balaban J connectivity index is 1.86. The third-order valence-electron chi connectivity index (χ3n) is 2.45. The van der Waals surface area contributed by atoms with Crippen molar-refractivity contribution < 1.29 is 9.76 Å². The van der Waals surface area contributed by atoms with Crippen LogP contribution in [-0.2, 0) is 6.42 Å². The lowest BCUT2D eigenvalue weighted by Gasteiger charge is -1.98. The third kappa shape index (κ3) is 3.92. The number of rotatable bonds is 5. The molecule has 0 aliphatic heterocycles. The maximum Gasteiger partial charge on any atom is 0.269 e. The fourth-order valence-electron chi connectivity index (χ4n) is 1.48. The van der Waals surface area contributed by atoms with Crippen LogP contribution < -0.4 is 4.84 Å². The van der Waals surface area contributed by atoms with Crippen LogP contribution in [0.4, 0.5) is 5.69 Å². The van der Waals surface area contributed by atoms with Crippen LogP contribution in [0.2, 0.25) is 0 Å². The number of nitrogens with zero attached hydrogens (tertiary/aromatic N) is 2. The molecule has 0 radical (unpaired) electrons. The van der Waals surface area contributed by atoms with Gasteiger partial charge in [-0.25, -0.2) is 0 Å². The zero-order chi connectivity index (χ0) is 13.5. The van der Waals surface area contributed by atoms with Crippen molar-refractivity contribution in [2.75, 3.05) is 0 Å². The van der Waals surface area contributed by atoms with Crippen molar-refractivity contribution in [3.63, 3.8) is 0 Å². The summed E-state index contributed by atoms with van der Waals surface area (Å²) in [5.41, 5.74) is 1.17. The molecule has 19 heavy (non-hydrogen) atoms. The van der Waals surface area contributed by atoms with Gasteiger partial charge in [-0.2, -0.15) is 0 Å². The van der Waals surface area contributed by atoms with Crippen LogP contribution in [-0.4, -0.2) is 11.1 Å². The van der Waals surface area contributed by atoms with E-state index in [9.17, 15) is 10.1 Å². The summed E-state index contributed by atoms with van der Waals surface area (Å²) in [7, 11) is 0. The van der Waals surface area contributed by atoms with E-state index in [0.29, 0.717) is 12.2 Å². The van der Waals surface area contributed by atoms with E-state index >= 15 is 0 Å². The van der Waals surface area contributed by atoms with E-state index in [1.165, 1.54) is 24.3 Å². The summed E-state index contributed by atoms with van der Waals surface area (Å²) >= 11 is 0. The van der Waals surface area contributed by atoms with E-state index in [1.807, 2.05) is 30.3 Å². The molecular formula is C14H12N2O3. The van der Waals surface area contributed by atoms with Gasteiger partial charge in [-0.05, 0) is 17.7 Å². The van der Waals surface area contributed by atoms with Gasteiger partial charge in [0.25, 0.3) is 5.69 Å². The Bertz CT molecular complexity index is 565. The molecule has 0 aliphatic carbocycles. The van der Waals surface area contributed by atoms with Gasteiger partial charge in [0.1, 0.15) is 0 Å². The summed E-state index contributed by atoms with van der Waals surface area (Å²) in [6.45, 7) is 0. The summed E-state index contributed by atoms with van der Waals surface area (Å²) in [4.78, 5) is 15.1. The normalized spacial score (nSPS) is 10.5. The number of nitro groups is 1. The molecule has 0 unspecified atom stereocenters. The highest BCUT2D eigenvalue weighted by molar-refractivity contribution is 5.60. The molecule has 0 fully saturated rings. The minimum absolute atomic E-state index is 0.0283. The monoisotopic (exact) mass is 256 g/mol. The van der Waals surface area contributed by atoms with Crippen molar-refractivity contribution in [3.05, 3.63) is 70.3 Å². The van der Waals surface area contributed by atoms with Crippen LogP contribution in [0, 0.1) is 10.1 Å². The Hall–Kier alpha value is -2.69. The van der Waals surface area contributed by atoms with Gasteiger partial charge >= 0.3 is 0 Å². The molecule has 5 nitrogen and oxygen atoms in total. The van der Waals surface area contributed by atoms with E-state index in [4.69, 9.17) is 4.84 Å². The van der Waals surface area contributed by atoms with Crippen LogP contribution in [0.1, 0.15) is 5.56 Å². The standard InChI is InChI=1S/C14H12N2O3/c17-16(18)13-6-8-14(9-7-13)19-15-11-10-12-4-2-1-3-5-12/h1-9,11H,10H2/b15-11+. The quantitative estimate of drug-likeness (QED) is 0.468. The van der Waals surface area contributed by atoms with Crippen LogP contribution in [0.15, 0.2) is 59.8 Å². The maximum atomic E-state index is 10.5. The van der Waals surface area contributed by atoms with Crippen molar-refractivity contribution in [2.45, 2.75) is 6.42 Å². The second kappa shape index (κ2) is 6.30. The Morgan fingerprint density at radius 2 is 1.79 bits per heavy atom. The number of hydrogen-bond acceptors (Lipinski definition) is 4.